The molecule has 7 heteroatoms. The minimum Gasteiger partial charge on any atom is -0.493 e. The van der Waals surface area contributed by atoms with Crippen LogP contribution in [-0.4, -0.2) is 48.3 Å². The van der Waals surface area contributed by atoms with Crippen LogP contribution >= 0.6 is 0 Å². The normalized spacial score (nSPS) is 16.1. The average molecular weight is 438 g/mol. The molecular weight excluding hydrogens is 409 g/mol. The summed E-state index contributed by atoms with van der Waals surface area (Å²) in [5.41, 5.74) is 3.23. The van der Waals surface area contributed by atoms with Crippen LogP contribution in [-0.2, 0) is 11.2 Å². The first kappa shape index (κ1) is 21.9. The van der Waals surface area contributed by atoms with E-state index in [1.54, 1.807) is 32.5 Å². The van der Waals surface area contributed by atoms with E-state index in [1.165, 1.54) is 6.07 Å². The molecule has 0 saturated carbocycles. The van der Waals surface area contributed by atoms with Gasteiger partial charge in [-0.3, -0.25) is 9.89 Å². The van der Waals surface area contributed by atoms with Gasteiger partial charge in [-0.1, -0.05) is 24.3 Å². The highest BCUT2D eigenvalue weighted by Gasteiger charge is 2.28. The number of halogens is 1. The lowest BCUT2D eigenvalue weighted by Crippen LogP contribution is -2.39. The summed E-state index contributed by atoms with van der Waals surface area (Å²) in [5, 5.41) is 7.24. The summed E-state index contributed by atoms with van der Waals surface area (Å²) >= 11 is 0. The van der Waals surface area contributed by atoms with Crippen molar-refractivity contribution in [2.45, 2.75) is 31.6 Å². The van der Waals surface area contributed by atoms with E-state index >= 15 is 0 Å². The maximum Gasteiger partial charge on any atom is 0.222 e. The van der Waals surface area contributed by atoms with Gasteiger partial charge in [-0.2, -0.15) is 5.10 Å². The molecule has 6 nitrogen and oxygen atoms in total. The molecule has 2 aromatic carbocycles. The number of methoxy groups -OCH3 is 2. The van der Waals surface area contributed by atoms with Gasteiger partial charge in [-0.15, -0.1) is 0 Å². The molecule has 1 aliphatic rings. The van der Waals surface area contributed by atoms with Crippen LogP contribution in [0.15, 0.2) is 48.7 Å². The Morgan fingerprint density at radius 3 is 2.75 bits per heavy atom. The van der Waals surface area contributed by atoms with E-state index in [9.17, 15) is 9.18 Å². The first-order chi connectivity index (χ1) is 15.6. The molecule has 0 aliphatic carbocycles. The fourth-order valence-corrected chi connectivity index (χ4v) is 4.39. The number of likely N-dealkylation sites (tertiary alicyclic amines) is 1. The quantitative estimate of drug-likeness (QED) is 0.588. The van der Waals surface area contributed by atoms with E-state index in [2.05, 4.69) is 10.2 Å². The van der Waals surface area contributed by atoms with Crippen molar-refractivity contribution in [2.75, 3.05) is 27.3 Å². The van der Waals surface area contributed by atoms with Crippen molar-refractivity contribution in [2.24, 2.45) is 0 Å². The van der Waals surface area contributed by atoms with Crippen LogP contribution in [0, 0.1) is 5.82 Å². The summed E-state index contributed by atoms with van der Waals surface area (Å²) < 4.78 is 25.0. The lowest BCUT2D eigenvalue weighted by Gasteiger charge is -2.33. The van der Waals surface area contributed by atoms with E-state index in [4.69, 9.17) is 9.47 Å². The first-order valence-corrected chi connectivity index (χ1v) is 10.9. The number of amides is 1. The maximum atomic E-state index is 14.3. The monoisotopic (exact) mass is 437 g/mol. The molecule has 0 radical (unpaired) electrons. The molecule has 0 spiro atoms. The first-order valence-electron chi connectivity index (χ1n) is 10.9. The van der Waals surface area contributed by atoms with Crippen LogP contribution in [0.3, 0.4) is 0 Å². The largest absolute Gasteiger partial charge is 0.493 e. The third-order valence-corrected chi connectivity index (χ3v) is 6.09. The van der Waals surface area contributed by atoms with Gasteiger partial charge in [0, 0.05) is 42.2 Å². The van der Waals surface area contributed by atoms with Crippen molar-refractivity contribution < 1.29 is 18.7 Å². The second-order valence-electron chi connectivity index (χ2n) is 8.05. The van der Waals surface area contributed by atoms with Gasteiger partial charge in [0.25, 0.3) is 0 Å². The number of hydrogen-bond acceptors (Lipinski definition) is 4. The van der Waals surface area contributed by atoms with Crippen molar-refractivity contribution in [1.29, 1.82) is 0 Å². The van der Waals surface area contributed by atoms with Crippen molar-refractivity contribution in [1.82, 2.24) is 15.1 Å². The Balaban J connectivity index is 1.42. The SMILES string of the molecule is COc1ccc(CCC(=O)N2CCCC(c3[nH]ncc3-c3ccccc3F)C2)cc1OC. The molecule has 1 fully saturated rings. The highest BCUT2D eigenvalue weighted by molar-refractivity contribution is 5.77. The van der Waals surface area contributed by atoms with Crippen LogP contribution in [0.5, 0.6) is 11.5 Å². The fraction of sp³-hybridized carbons (Fsp3) is 0.360. The van der Waals surface area contributed by atoms with Gasteiger partial charge in [0.15, 0.2) is 11.5 Å². The molecule has 1 aliphatic heterocycles. The van der Waals surface area contributed by atoms with Gasteiger partial charge in [-0.25, -0.2) is 4.39 Å². The highest BCUT2D eigenvalue weighted by atomic mass is 19.1. The van der Waals surface area contributed by atoms with E-state index < -0.39 is 0 Å². The number of hydrogen-bond donors (Lipinski definition) is 1. The average Bonchev–Trinajstić information content (AvgIpc) is 3.32. The van der Waals surface area contributed by atoms with Gasteiger partial charge in [-0.05, 0) is 43.0 Å². The molecule has 32 heavy (non-hydrogen) atoms. The Kier molecular flexibility index (Phi) is 6.73. The summed E-state index contributed by atoms with van der Waals surface area (Å²) in [7, 11) is 3.21. The van der Waals surface area contributed by atoms with Gasteiger partial charge < -0.3 is 14.4 Å². The number of rotatable bonds is 7. The van der Waals surface area contributed by atoms with Gasteiger partial charge in [0.1, 0.15) is 5.82 Å². The smallest absolute Gasteiger partial charge is 0.222 e. The maximum absolute atomic E-state index is 14.3. The summed E-state index contributed by atoms with van der Waals surface area (Å²) in [6, 6.07) is 12.4. The molecule has 1 aromatic heterocycles. The van der Waals surface area contributed by atoms with Gasteiger partial charge in [0.2, 0.25) is 5.91 Å². The zero-order chi connectivity index (χ0) is 22.5. The van der Waals surface area contributed by atoms with Crippen LogP contribution < -0.4 is 9.47 Å². The Hall–Kier alpha value is -3.35. The summed E-state index contributed by atoms with van der Waals surface area (Å²) in [5.74, 6) is 1.29. The Bertz CT molecular complexity index is 1080. The number of carbonyl (C=O) groups excluding carboxylic acids is 1. The van der Waals surface area contributed by atoms with Crippen LogP contribution in [0.4, 0.5) is 4.39 Å². The van der Waals surface area contributed by atoms with E-state index in [0.717, 1.165) is 36.2 Å². The molecule has 1 N–H and O–H groups in total. The predicted molar refractivity (Wildman–Crippen MR) is 120 cm³/mol. The summed E-state index contributed by atoms with van der Waals surface area (Å²) in [6.07, 6.45) is 4.56. The highest BCUT2D eigenvalue weighted by Crippen LogP contribution is 2.34. The molecule has 3 aromatic rings. The second kappa shape index (κ2) is 9.85. The molecule has 1 unspecified atom stereocenters. The number of piperidine rings is 1. The number of nitrogens with zero attached hydrogens (tertiary/aromatic N) is 2. The zero-order valence-electron chi connectivity index (χ0n) is 18.4. The van der Waals surface area contributed by atoms with Crippen LogP contribution in [0.25, 0.3) is 11.1 Å². The van der Waals surface area contributed by atoms with Gasteiger partial charge >= 0.3 is 0 Å². The Morgan fingerprint density at radius 2 is 1.97 bits per heavy atom. The van der Waals surface area contributed by atoms with Crippen molar-refractivity contribution in [3.8, 4) is 22.6 Å². The number of aromatic nitrogens is 2. The summed E-state index contributed by atoms with van der Waals surface area (Å²) in [4.78, 5) is 14.9. The summed E-state index contributed by atoms with van der Waals surface area (Å²) in [6.45, 7) is 1.35. The van der Waals surface area contributed by atoms with E-state index in [1.807, 2.05) is 29.2 Å². The zero-order valence-corrected chi connectivity index (χ0v) is 18.4. The molecule has 0 bridgehead atoms. The standard InChI is InChI=1S/C25H28FN3O3/c1-31-22-11-9-17(14-23(22)32-2)10-12-24(30)29-13-5-6-18(16-29)25-20(15-27-28-25)19-7-3-4-8-21(19)26/h3-4,7-9,11,14-15,18H,5-6,10,12-13,16H2,1-2H3,(H,27,28). The van der Waals surface area contributed by atoms with Crippen LogP contribution in [0.1, 0.15) is 36.4 Å². The molecule has 1 amide bonds. The second-order valence-corrected chi connectivity index (χ2v) is 8.05. The molecule has 1 saturated heterocycles. The van der Waals surface area contributed by atoms with Gasteiger partial charge in [0.05, 0.1) is 20.4 Å². The molecule has 2 heterocycles. The topological polar surface area (TPSA) is 67.5 Å². The molecule has 168 valence electrons. The number of aryl methyl sites for hydroxylation is 1. The number of H-pyrrole nitrogens is 1. The third-order valence-electron chi connectivity index (χ3n) is 6.09. The van der Waals surface area contributed by atoms with E-state index in [-0.39, 0.29) is 17.6 Å². The fourth-order valence-electron chi connectivity index (χ4n) is 4.39. The lowest BCUT2D eigenvalue weighted by molar-refractivity contribution is -0.132. The number of carbonyl (C=O) groups is 1. The molecular formula is C25H28FN3O3. The predicted octanol–water partition coefficient (Wildman–Crippen LogP) is 4.57. The molecule has 1 atom stereocenters. The van der Waals surface area contributed by atoms with Crippen LogP contribution in [0.2, 0.25) is 0 Å². The number of nitrogens with one attached hydrogen (secondary N) is 1. The minimum absolute atomic E-state index is 0.103. The van der Waals surface area contributed by atoms with Crippen molar-refractivity contribution >= 4 is 5.91 Å². The van der Waals surface area contributed by atoms with Crippen molar-refractivity contribution in [3.05, 3.63) is 65.7 Å². The van der Waals surface area contributed by atoms with E-state index in [0.29, 0.717) is 36.4 Å². The number of aromatic amines is 1. The molecule has 4 rings (SSSR count). The Labute approximate surface area is 187 Å². The number of ether oxygens (including phenoxy) is 2. The lowest BCUT2D eigenvalue weighted by atomic mass is 9.90. The number of benzene rings is 2. The van der Waals surface area contributed by atoms with Crippen molar-refractivity contribution in [3.63, 3.8) is 0 Å². The minimum atomic E-state index is -0.270. The Morgan fingerprint density at radius 1 is 1.16 bits per heavy atom. The third kappa shape index (κ3) is 4.61.